The fourth-order valence-corrected chi connectivity index (χ4v) is 3.75. The summed E-state index contributed by atoms with van der Waals surface area (Å²) in [7, 11) is 0. The predicted molar refractivity (Wildman–Crippen MR) is 125 cm³/mol. The second kappa shape index (κ2) is 9.48. The van der Waals surface area contributed by atoms with Gasteiger partial charge in [0, 0.05) is 23.5 Å². The minimum atomic E-state index is -1.15. The van der Waals surface area contributed by atoms with Gasteiger partial charge in [0.2, 0.25) is 5.95 Å². The summed E-state index contributed by atoms with van der Waals surface area (Å²) in [6, 6.07) is 7.21. The Morgan fingerprint density at radius 2 is 1.82 bits per heavy atom. The average Bonchev–Trinajstić information content (AvgIpc) is 3.41. The number of hydrogen-bond donors (Lipinski definition) is 7. The molecule has 0 spiro atoms. The topological polar surface area (TPSA) is 209 Å². The average molecular weight is 464 g/mol. The number of H-pyrrole nitrogens is 3. The van der Waals surface area contributed by atoms with Gasteiger partial charge < -0.3 is 32.0 Å². The molecule has 0 aliphatic carbocycles. The summed E-state index contributed by atoms with van der Waals surface area (Å²) in [5.74, 6) is -1.20. The van der Waals surface area contributed by atoms with Gasteiger partial charge in [-0.05, 0) is 48.9 Å². The van der Waals surface area contributed by atoms with Crippen LogP contribution in [0.2, 0.25) is 0 Å². The van der Waals surface area contributed by atoms with Gasteiger partial charge in [0.1, 0.15) is 17.5 Å². The molecule has 0 saturated carbocycles. The van der Waals surface area contributed by atoms with E-state index in [1.54, 1.807) is 12.1 Å². The number of carbonyl (C=O) groups is 2. The summed E-state index contributed by atoms with van der Waals surface area (Å²) in [5, 5.41) is 17.8. The quantitative estimate of drug-likeness (QED) is 0.187. The first kappa shape index (κ1) is 22.6. The van der Waals surface area contributed by atoms with Gasteiger partial charge >= 0.3 is 5.97 Å². The molecule has 0 radical (unpaired) electrons. The highest BCUT2D eigenvalue weighted by atomic mass is 16.4. The lowest BCUT2D eigenvalue weighted by Gasteiger charge is -2.14. The molecular formula is C22H24N8O4. The first-order valence-corrected chi connectivity index (χ1v) is 10.6. The zero-order valence-corrected chi connectivity index (χ0v) is 18.1. The number of benzene rings is 1. The first-order chi connectivity index (χ1) is 16.3. The third-order valence-corrected chi connectivity index (χ3v) is 5.52. The molecule has 34 heavy (non-hydrogen) atoms. The molecule has 12 nitrogen and oxygen atoms in total. The molecule has 1 amide bonds. The molecule has 176 valence electrons. The second-order valence-corrected chi connectivity index (χ2v) is 7.89. The highest BCUT2D eigenvalue weighted by Gasteiger charge is 2.21. The lowest BCUT2D eigenvalue weighted by atomic mass is 10.0. The largest absolute Gasteiger partial charge is 0.480 e. The van der Waals surface area contributed by atoms with Crippen molar-refractivity contribution in [2.75, 3.05) is 11.5 Å². The smallest absolute Gasteiger partial charge is 0.326 e. The third kappa shape index (κ3) is 5.06. The van der Waals surface area contributed by atoms with E-state index in [2.05, 4.69) is 30.5 Å². The van der Waals surface area contributed by atoms with Crippen LogP contribution >= 0.6 is 0 Å². The molecule has 0 aliphatic rings. The molecule has 4 aromatic rings. The molecule has 3 heterocycles. The van der Waals surface area contributed by atoms with Gasteiger partial charge in [-0.1, -0.05) is 12.1 Å². The van der Waals surface area contributed by atoms with Crippen molar-refractivity contribution in [2.45, 2.75) is 31.7 Å². The van der Waals surface area contributed by atoms with Gasteiger partial charge in [0.25, 0.3) is 11.5 Å². The van der Waals surface area contributed by atoms with Crippen molar-refractivity contribution < 1.29 is 14.7 Å². The lowest BCUT2D eigenvalue weighted by molar-refractivity contribution is -0.139. The van der Waals surface area contributed by atoms with E-state index in [1.807, 2.05) is 18.3 Å². The van der Waals surface area contributed by atoms with Crippen LogP contribution in [0.1, 0.15) is 33.6 Å². The Labute approximate surface area is 192 Å². The van der Waals surface area contributed by atoms with E-state index in [4.69, 9.17) is 11.5 Å². The summed E-state index contributed by atoms with van der Waals surface area (Å²) < 4.78 is 0. The molecule has 0 saturated heterocycles. The maximum atomic E-state index is 12.6. The lowest BCUT2D eigenvalue weighted by Crippen LogP contribution is -2.41. The number of nitrogens with one attached hydrogen (secondary N) is 4. The number of rotatable bonds is 9. The van der Waals surface area contributed by atoms with Crippen molar-refractivity contribution in [1.29, 1.82) is 0 Å². The molecule has 4 rings (SSSR count). The number of nitrogens with zero attached hydrogens (tertiary/aromatic N) is 2. The van der Waals surface area contributed by atoms with Gasteiger partial charge in [0.05, 0.1) is 5.39 Å². The Balaban J connectivity index is 1.36. The van der Waals surface area contributed by atoms with E-state index in [9.17, 15) is 19.5 Å². The fourth-order valence-electron chi connectivity index (χ4n) is 3.75. The van der Waals surface area contributed by atoms with Crippen LogP contribution in [0.4, 0.5) is 11.8 Å². The van der Waals surface area contributed by atoms with Crippen LogP contribution in [0.15, 0.2) is 41.3 Å². The summed E-state index contributed by atoms with van der Waals surface area (Å²) in [6.45, 7) is 0. The van der Waals surface area contributed by atoms with E-state index in [0.29, 0.717) is 42.0 Å². The predicted octanol–water partition coefficient (Wildman–Crippen LogP) is 0.740. The number of aryl methyl sites for hydroxylation is 3. The molecule has 12 heteroatoms. The Morgan fingerprint density at radius 3 is 2.50 bits per heavy atom. The molecule has 9 N–H and O–H groups in total. The Bertz CT molecular complexity index is 1390. The monoisotopic (exact) mass is 464 g/mol. The maximum Gasteiger partial charge on any atom is 0.326 e. The number of amides is 1. The minimum absolute atomic E-state index is 0.108. The van der Waals surface area contributed by atoms with Gasteiger partial charge in [-0.2, -0.15) is 9.97 Å². The van der Waals surface area contributed by atoms with E-state index in [1.165, 1.54) is 6.07 Å². The number of anilines is 2. The highest BCUT2D eigenvalue weighted by molar-refractivity contribution is 5.96. The standard InChI is InChI=1S/C22H24N8O4/c23-18-17-13(10-25-19(17)28-22(24)27-18)6-3-11-1-4-12(5-2-11)20(32)26-15(21(33)34)8-7-14-9-16(31)30-29-14/h1-2,4-5,9-10,15H,3,6-8H2,(H,26,32)(H,33,34)(H2,29,30,31)(H5,23,24,25,27,28)/t15-/m0/s1. The first-order valence-electron chi connectivity index (χ1n) is 10.6. The Hall–Kier alpha value is -4.61. The molecule has 0 bridgehead atoms. The summed E-state index contributed by atoms with van der Waals surface area (Å²) in [5.41, 5.74) is 14.8. The Kier molecular flexibility index (Phi) is 6.30. The van der Waals surface area contributed by atoms with Gasteiger partial charge in [0.15, 0.2) is 0 Å². The van der Waals surface area contributed by atoms with E-state index in [0.717, 1.165) is 16.5 Å². The summed E-state index contributed by atoms with van der Waals surface area (Å²) in [4.78, 5) is 46.5. The van der Waals surface area contributed by atoms with E-state index in [-0.39, 0.29) is 17.9 Å². The van der Waals surface area contributed by atoms with Crippen LogP contribution in [-0.4, -0.2) is 48.2 Å². The molecule has 1 atom stereocenters. The molecule has 1 aromatic carbocycles. The molecule has 0 unspecified atom stereocenters. The van der Waals surface area contributed by atoms with Crippen molar-refractivity contribution in [3.8, 4) is 0 Å². The number of aromatic amines is 3. The van der Waals surface area contributed by atoms with Crippen LogP contribution in [0.25, 0.3) is 11.0 Å². The van der Waals surface area contributed by atoms with Crippen LogP contribution in [-0.2, 0) is 24.1 Å². The van der Waals surface area contributed by atoms with Crippen molar-refractivity contribution in [3.05, 3.63) is 69.3 Å². The number of nitrogens with two attached hydrogens (primary N) is 2. The SMILES string of the molecule is Nc1nc(N)c2c(CCc3ccc(C(=O)N[C@@H](CCc4cc(=O)[nH][nH]4)C(=O)O)cc3)c[nH]c2n1. The van der Waals surface area contributed by atoms with Crippen LogP contribution < -0.4 is 22.3 Å². The minimum Gasteiger partial charge on any atom is -0.480 e. The van der Waals surface area contributed by atoms with Crippen LogP contribution in [0.5, 0.6) is 0 Å². The molecule has 0 aliphatic heterocycles. The number of hydrogen-bond acceptors (Lipinski definition) is 7. The Morgan fingerprint density at radius 1 is 1.06 bits per heavy atom. The molecular weight excluding hydrogens is 440 g/mol. The molecule has 0 fully saturated rings. The maximum absolute atomic E-state index is 12.6. The fraction of sp³-hybridized carbons (Fsp3) is 0.227. The zero-order valence-electron chi connectivity index (χ0n) is 18.1. The van der Waals surface area contributed by atoms with Gasteiger partial charge in [-0.3, -0.25) is 14.7 Å². The van der Waals surface area contributed by atoms with Gasteiger partial charge in [-0.25, -0.2) is 4.79 Å². The van der Waals surface area contributed by atoms with Crippen molar-refractivity contribution in [1.82, 2.24) is 30.5 Å². The van der Waals surface area contributed by atoms with E-state index >= 15 is 0 Å². The summed E-state index contributed by atoms with van der Waals surface area (Å²) >= 11 is 0. The summed E-state index contributed by atoms with van der Waals surface area (Å²) in [6.07, 6.45) is 3.61. The number of carbonyl (C=O) groups excluding carboxylic acids is 1. The number of aromatic nitrogens is 5. The van der Waals surface area contributed by atoms with Crippen molar-refractivity contribution in [2.24, 2.45) is 0 Å². The number of carboxylic acid groups (broad SMARTS) is 1. The number of carboxylic acids is 1. The number of nitrogen functional groups attached to an aromatic ring is 2. The number of aliphatic carboxylic acids is 1. The van der Waals surface area contributed by atoms with Crippen molar-refractivity contribution in [3.63, 3.8) is 0 Å². The van der Waals surface area contributed by atoms with Crippen LogP contribution in [0.3, 0.4) is 0 Å². The van der Waals surface area contributed by atoms with Crippen molar-refractivity contribution >= 4 is 34.7 Å². The highest BCUT2D eigenvalue weighted by Crippen LogP contribution is 2.24. The van der Waals surface area contributed by atoms with E-state index < -0.39 is 17.9 Å². The van der Waals surface area contributed by atoms with Gasteiger partial charge in [-0.15, -0.1) is 0 Å². The zero-order chi connectivity index (χ0) is 24.2. The molecule has 3 aromatic heterocycles. The normalized spacial score (nSPS) is 12.0. The third-order valence-electron chi connectivity index (χ3n) is 5.52. The van der Waals surface area contributed by atoms with Crippen LogP contribution in [0, 0.1) is 0 Å². The second-order valence-electron chi connectivity index (χ2n) is 7.89. The number of fused-ring (bicyclic) bond motifs is 1.